The molecule has 0 radical (unpaired) electrons. The van der Waals surface area contributed by atoms with Crippen LogP contribution in [-0.2, 0) is 4.79 Å². The lowest BCUT2D eigenvalue weighted by molar-refractivity contribution is -0.124. The third-order valence-corrected chi connectivity index (χ3v) is 3.47. The monoisotopic (exact) mass is 323 g/mol. The van der Waals surface area contributed by atoms with Gasteiger partial charge in [-0.05, 0) is 37.6 Å². The van der Waals surface area contributed by atoms with Gasteiger partial charge in [-0.3, -0.25) is 9.59 Å². The Morgan fingerprint density at radius 3 is 2.43 bits per heavy atom. The smallest absolute Gasteiger partial charge is 0.287 e. The van der Waals surface area contributed by atoms with Crippen LogP contribution in [0.3, 0.4) is 0 Å². The normalized spacial score (nSPS) is 13.2. The minimum Gasteiger partial charge on any atom is -0.459 e. The van der Waals surface area contributed by atoms with E-state index in [1.165, 1.54) is 6.26 Å². The number of hydrogen-bond donors (Lipinski definition) is 2. The molecule has 23 heavy (non-hydrogen) atoms. The van der Waals surface area contributed by atoms with Crippen molar-refractivity contribution in [1.82, 2.24) is 15.5 Å². The molecule has 0 unspecified atom stereocenters. The number of amides is 2. The lowest BCUT2D eigenvalue weighted by atomic mass is 9.92. The van der Waals surface area contributed by atoms with Crippen molar-refractivity contribution in [3.8, 4) is 0 Å². The summed E-state index contributed by atoms with van der Waals surface area (Å²) in [6.45, 7) is 9.40. The first-order chi connectivity index (χ1) is 10.6. The van der Waals surface area contributed by atoms with Gasteiger partial charge < -0.3 is 20.0 Å². The summed E-state index contributed by atoms with van der Waals surface area (Å²) in [6, 6.07) is 2.62. The fraction of sp³-hybridized carbons (Fsp3) is 0.647. The number of carbonyl (C=O) groups is 2. The molecule has 0 aliphatic carbocycles. The van der Waals surface area contributed by atoms with Crippen LogP contribution in [-0.4, -0.2) is 49.9 Å². The zero-order valence-electron chi connectivity index (χ0n) is 15.0. The average molecular weight is 323 g/mol. The van der Waals surface area contributed by atoms with Crippen LogP contribution in [0.4, 0.5) is 0 Å². The Morgan fingerprint density at radius 1 is 1.30 bits per heavy atom. The molecule has 0 bridgehead atoms. The highest BCUT2D eigenvalue weighted by Crippen LogP contribution is 2.14. The molecule has 0 fully saturated rings. The molecule has 6 nitrogen and oxygen atoms in total. The van der Waals surface area contributed by atoms with Gasteiger partial charge in [-0.2, -0.15) is 0 Å². The quantitative estimate of drug-likeness (QED) is 0.764. The molecule has 0 aliphatic heterocycles. The van der Waals surface area contributed by atoms with Crippen LogP contribution in [0.5, 0.6) is 0 Å². The van der Waals surface area contributed by atoms with Gasteiger partial charge in [-0.1, -0.05) is 27.7 Å². The van der Waals surface area contributed by atoms with Crippen molar-refractivity contribution in [2.24, 2.45) is 11.3 Å². The van der Waals surface area contributed by atoms with Crippen molar-refractivity contribution in [2.45, 2.75) is 33.7 Å². The standard InChI is InChI=1S/C17H29N3O3/c1-12(2)14(19-15(21)13-8-7-9-23-13)16(22)18-10-17(3,4)11-20(5)6/h7-9,12,14H,10-11H2,1-6H3,(H,18,22)(H,19,21)/t14-/m1/s1. The summed E-state index contributed by atoms with van der Waals surface area (Å²) in [5.74, 6) is -0.370. The van der Waals surface area contributed by atoms with Gasteiger partial charge in [0.1, 0.15) is 6.04 Å². The van der Waals surface area contributed by atoms with E-state index in [2.05, 4.69) is 29.4 Å². The maximum atomic E-state index is 12.5. The van der Waals surface area contributed by atoms with Crippen molar-refractivity contribution < 1.29 is 14.0 Å². The molecule has 0 aliphatic rings. The first-order valence-corrected chi connectivity index (χ1v) is 7.89. The maximum Gasteiger partial charge on any atom is 0.287 e. The van der Waals surface area contributed by atoms with E-state index in [-0.39, 0.29) is 28.9 Å². The Labute approximate surface area is 138 Å². The predicted octanol–water partition coefficient (Wildman–Crippen LogP) is 1.74. The number of nitrogens with zero attached hydrogens (tertiary/aromatic N) is 1. The first-order valence-electron chi connectivity index (χ1n) is 7.89. The molecule has 2 amide bonds. The van der Waals surface area contributed by atoms with Gasteiger partial charge in [0.05, 0.1) is 6.26 Å². The lowest BCUT2D eigenvalue weighted by Gasteiger charge is -2.30. The fourth-order valence-corrected chi connectivity index (χ4v) is 2.50. The molecule has 1 aromatic heterocycles. The molecule has 0 saturated carbocycles. The van der Waals surface area contributed by atoms with Gasteiger partial charge in [-0.25, -0.2) is 0 Å². The second-order valence-electron chi connectivity index (χ2n) is 7.29. The van der Waals surface area contributed by atoms with E-state index in [1.54, 1.807) is 12.1 Å². The third-order valence-electron chi connectivity index (χ3n) is 3.47. The van der Waals surface area contributed by atoms with Crippen molar-refractivity contribution in [3.05, 3.63) is 24.2 Å². The van der Waals surface area contributed by atoms with E-state index in [1.807, 2.05) is 27.9 Å². The average Bonchev–Trinajstić information content (AvgIpc) is 2.94. The summed E-state index contributed by atoms with van der Waals surface area (Å²) in [5, 5.41) is 5.69. The highest BCUT2D eigenvalue weighted by Gasteiger charge is 2.27. The number of carbonyl (C=O) groups excluding carboxylic acids is 2. The Balaban J connectivity index is 2.63. The Kier molecular flexibility index (Phi) is 6.81. The Morgan fingerprint density at radius 2 is 1.96 bits per heavy atom. The summed E-state index contributed by atoms with van der Waals surface area (Å²) in [5.41, 5.74) is -0.0499. The van der Waals surface area contributed by atoms with Gasteiger partial charge in [-0.15, -0.1) is 0 Å². The van der Waals surface area contributed by atoms with Crippen LogP contribution in [0.25, 0.3) is 0 Å². The van der Waals surface area contributed by atoms with E-state index in [0.29, 0.717) is 6.54 Å². The Bertz CT molecular complexity index is 507. The molecule has 0 aromatic carbocycles. The number of rotatable bonds is 8. The lowest BCUT2D eigenvalue weighted by Crippen LogP contribution is -2.52. The fourth-order valence-electron chi connectivity index (χ4n) is 2.50. The second kappa shape index (κ2) is 8.15. The van der Waals surface area contributed by atoms with E-state index in [0.717, 1.165) is 6.54 Å². The van der Waals surface area contributed by atoms with Crippen LogP contribution >= 0.6 is 0 Å². The highest BCUT2D eigenvalue weighted by atomic mass is 16.3. The van der Waals surface area contributed by atoms with Gasteiger partial charge in [0.15, 0.2) is 5.76 Å². The SMILES string of the molecule is CC(C)[C@@H](NC(=O)c1ccco1)C(=O)NCC(C)(C)CN(C)C. The third kappa shape index (κ3) is 6.44. The summed E-state index contributed by atoms with van der Waals surface area (Å²) in [7, 11) is 4.01. The van der Waals surface area contributed by atoms with Crippen LogP contribution < -0.4 is 10.6 Å². The van der Waals surface area contributed by atoms with E-state index < -0.39 is 6.04 Å². The molecule has 2 N–H and O–H groups in total. The zero-order valence-corrected chi connectivity index (χ0v) is 15.0. The first kappa shape index (κ1) is 19.2. The molecule has 0 spiro atoms. The number of furan rings is 1. The summed E-state index contributed by atoms with van der Waals surface area (Å²) in [6.07, 6.45) is 1.43. The van der Waals surface area contributed by atoms with E-state index in [4.69, 9.17) is 4.42 Å². The highest BCUT2D eigenvalue weighted by molar-refractivity contribution is 5.95. The van der Waals surface area contributed by atoms with Crippen LogP contribution in [0.2, 0.25) is 0 Å². The zero-order chi connectivity index (χ0) is 17.6. The minimum absolute atomic E-state index is 0.0223. The topological polar surface area (TPSA) is 74.6 Å². The van der Waals surface area contributed by atoms with E-state index >= 15 is 0 Å². The summed E-state index contributed by atoms with van der Waals surface area (Å²) >= 11 is 0. The summed E-state index contributed by atoms with van der Waals surface area (Å²) < 4.78 is 5.06. The maximum absolute atomic E-state index is 12.5. The minimum atomic E-state index is -0.595. The molecule has 1 rings (SSSR count). The second-order valence-corrected chi connectivity index (χ2v) is 7.29. The molecule has 6 heteroatoms. The van der Waals surface area contributed by atoms with Crippen molar-refractivity contribution in [1.29, 1.82) is 0 Å². The van der Waals surface area contributed by atoms with Crippen LogP contribution in [0, 0.1) is 11.3 Å². The van der Waals surface area contributed by atoms with Crippen LogP contribution in [0.1, 0.15) is 38.2 Å². The molecule has 130 valence electrons. The molecular weight excluding hydrogens is 294 g/mol. The molecule has 1 aromatic rings. The van der Waals surface area contributed by atoms with E-state index in [9.17, 15) is 9.59 Å². The molecular formula is C17H29N3O3. The van der Waals surface area contributed by atoms with Gasteiger partial charge >= 0.3 is 0 Å². The molecule has 0 saturated heterocycles. The molecule has 1 atom stereocenters. The van der Waals surface area contributed by atoms with Crippen molar-refractivity contribution >= 4 is 11.8 Å². The van der Waals surface area contributed by atoms with Crippen LogP contribution in [0.15, 0.2) is 22.8 Å². The predicted molar refractivity (Wildman–Crippen MR) is 90.1 cm³/mol. The van der Waals surface area contributed by atoms with Gasteiger partial charge in [0, 0.05) is 13.1 Å². The van der Waals surface area contributed by atoms with Gasteiger partial charge in [0.25, 0.3) is 5.91 Å². The number of hydrogen-bond acceptors (Lipinski definition) is 4. The number of nitrogens with one attached hydrogen (secondary N) is 2. The molecule has 1 heterocycles. The van der Waals surface area contributed by atoms with Crippen molar-refractivity contribution in [3.63, 3.8) is 0 Å². The largest absolute Gasteiger partial charge is 0.459 e. The van der Waals surface area contributed by atoms with Gasteiger partial charge in [0.2, 0.25) is 5.91 Å². The van der Waals surface area contributed by atoms with Crippen molar-refractivity contribution in [2.75, 3.05) is 27.2 Å². The summed E-state index contributed by atoms with van der Waals surface area (Å²) in [4.78, 5) is 26.6. The Hall–Kier alpha value is -1.82.